The third-order valence-corrected chi connectivity index (χ3v) is 5.44. The molecule has 0 radical (unpaired) electrons. The predicted octanol–water partition coefficient (Wildman–Crippen LogP) is 0.254. The monoisotopic (exact) mass is 574 g/mol. The van der Waals surface area contributed by atoms with Crippen molar-refractivity contribution >= 4 is 35.8 Å². The lowest BCUT2D eigenvalue weighted by Crippen LogP contribution is -2.64. The van der Waals surface area contributed by atoms with E-state index in [1.54, 1.807) is 13.8 Å². The molecule has 6 atom stereocenters. The van der Waals surface area contributed by atoms with Gasteiger partial charge in [0.25, 0.3) is 5.60 Å². The number of rotatable bonds is 11. The van der Waals surface area contributed by atoms with Crippen molar-refractivity contribution in [1.29, 1.82) is 0 Å². The van der Waals surface area contributed by atoms with Crippen LogP contribution in [0.15, 0.2) is 12.2 Å². The SMILES string of the molecule is CCOC(=O)C1(C(=O)OCC)CC=C[C@H](OC2OC(COC(C)=O)C(OC(C)=O)C(OC(C)=O)C2OC(C)=O)O1. The average Bonchev–Trinajstić information content (AvgIpc) is 2.86. The fraction of sp³-hybridized carbons (Fsp3) is 0.680. The Morgan fingerprint density at radius 3 is 1.77 bits per heavy atom. The van der Waals surface area contributed by atoms with E-state index < -0.39 is 85.0 Å². The molecule has 2 aliphatic rings. The Morgan fingerprint density at radius 2 is 1.27 bits per heavy atom. The molecule has 2 heterocycles. The molecular formula is C25H34O15. The second-order valence-corrected chi connectivity index (χ2v) is 8.59. The van der Waals surface area contributed by atoms with E-state index >= 15 is 0 Å². The van der Waals surface area contributed by atoms with Crippen LogP contribution in [0.1, 0.15) is 48.0 Å². The van der Waals surface area contributed by atoms with E-state index in [4.69, 9.17) is 42.6 Å². The van der Waals surface area contributed by atoms with Gasteiger partial charge in [0.1, 0.15) is 12.7 Å². The highest BCUT2D eigenvalue weighted by Crippen LogP contribution is 2.34. The van der Waals surface area contributed by atoms with Crippen LogP contribution in [0.3, 0.4) is 0 Å². The first-order valence-electron chi connectivity index (χ1n) is 12.5. The number of carbonyl (C=O) groups excluding carboxylic acids is 6. The van der Waals surface area contributed by atoms with Gasteiger partial charge in [-0.3, -0.25) is 19.2 Å². The smallest absolute Gasteiger partial charge is 0.350 e. The summed E-state index contributed by atoms with van der Waals surface area (Å²) in [4.78, 5) is 73.0. The lowest BCUT2D eigenvalue weighted by molar-refractivity contribution is -0.341. The zero-order valence-electron chi connectivity index (χ0n) is 23.1. The van der Waals surface area contributed by atoms with Crippen LogP contribution < -0.4 is 0 Å². The molecule has 0 saturated carbocycles. The van der Waals surface area contributed by atoms with E-state index in [1.165, 1.54) is 12.2 Å². The summed E-state index contributed by atoms with van der Waals surface area (Å²) >= 11 is 0. The maximum absolute atomic E-state index is 12.8. The molecule has 15 nitrogen and oxygen atoms in total. The van der Waals surface area contributed by atoms with Crippen molar-refractivity contribution in [3.8, 4) is 0 Å². The van der Waals surface area contributed by atoms with Gasteiger partial charge in [-0.1, -0.05) is 6.08 Å². The van der Waals surface area contributed by atoms with Crippen LogP contribution in [0.5, 0.6) is 0 Å². The van der Waals surface area contributed by atoms with E-state index in [0.29, 0.717) is 0 Å². The predicted molar refractivity (Wildman–Crippen MR) is 128 cm³/mol. The zero-order valence-corrected chi connectivity index (χ0v) is 23.1. The minimum Gasteiger partial charge on any atom is -0.463 e. The van der Waals surface area contributed by atoms with Crippen molar-refractivity contribution in [1.82, 2.24) is 0 Å². The van der Waals surface area contributed by atoms with Gasteiger partial charge in [-0.15, -0.1) is 0 Å². The van der Waals surface area contributed by atoms with E-state index in [0.717, 1.165) is 27.7 Å². The zero-order chi connectivity index (χ0) is 30.0. The molecule has 0 spiro atoms. The molecule has 40 heavy (non-hydrogen) atoms. The fourth-order valence-electron chi connectivity index (χ4n) is 3.98. The molecule has 15 heteroatoms. The second-order valence-electron chi connectivity index (χ2n) is 8.59. The molecule has 0 aromatic rings. The van der Waals surface area contributed by atoms with E-state index in [1.807, 2.05) is 0 Å². The third-order valence-electron chi connectivity index (χ3n) is 5.44. The van der Waals surface area contributed by atoms with Gasteiger partial charge in [0.2, 0.25) is 6.29 Å². The maximum Gasteiger partial charge on any atom is 0.350 e. The molecule has 0 bridgehead atoms. The Kier molecular flexibility index (Phi) is 12.0. The third kappa shape index (κ3) is 8.47. The first kappa shape index (κ1) is 32.7. The molecule has 0 aromatic carbocycles. The first-order chi connectivity index (χ1) is 18.8. The van der Waals surface area contributed by atoms with Gasteiger partial charge in [0.05, 0.1) is 13.2 Å². The van der Waals surface area contributed by atoms with E-state index in [9.17, 15) is 28.8 Å². The van der Waals surface area contributed by atoms with Gasteiger partial charge in [-0.2, -0.15) is 0 Å². The molecular weight excluding hydrogens is 540 g/mol. The summed E-state index contributed by atoms with van der Waals surface area (Å²) < 4.78 is 48.6. The highest BCUT2D eigenvalue weighted by atomic mass is 16.8. The minimum atomic E-state index is -2.22. The van der Waals surface area contributed by atoms with Gasteiger partial charge in [-0.05, 0) is 19.9 Å². The molecule has 2 aliphatic heterocycles. The topological polar surface area (TPSA) is 185 Å². The lowest BCUT2D eigenvalue weighted by Gasteiger charge is -2.45. The fourth-order valence-corrected chi connectivity index (χ4v) is 3.98. The van der Waals surface area contributed by atoms with Gasteiger partial charge in [0.15, 0.2) is 24.6 Å². The van der Waals surface area contributed by atoms with Crippen LogP contribution in [-0.4, -0.2) is 98.2 Å². The Labute approximate surface area is 230 Å². The minimum absolute atomic E-state index is 0.0573. The highest BCUT2D eigenvalue weighted by Gasteiger charge is 2.56. The van der Waals surface area contributed by atoms with Crippen LogP contribution in [0.2, 0.25) is 0 Å². The quantitative estimate of drug-likeness (QED) is 0.141. The van der Waals surface area contributed by atoms with Gasteiger partial charge >= 0.3 is 35.8 Å². The Balaban J connectivity index is 2.48. The maximum atomic E-state index is 12.8. The van der Waals surface area contributed by atoms with Crippen molar-refractivity contribution in [2.45, 2.75) is 90.6 Å². The second kappa shape index (κ2) is 14.7. The van der Waals surface area contributed by atoms with Crippen molar-refractivity contribution in [3.63, 3.8) is 0 Å². The number of hydrogen-bond donors (Lipinski definition) is 0. The molecule has 1 saturated heterocycles. The van der Waals surface area contributed by atoms with E-state index in [2.05, 4.69) is 0 Å². The average molecular weight is 575 g/mol. The van der Waals surface area contributed by atoms with Crippen LogP contribution in [0, 0.1) is 0 Å². The van der Waals surface area contributed by atoms with Gasteiger partial charge in [0, 0.05) is 34.1 Å². The lowest BCUT2D eigenvalue weighted by atomic mass is 9.96. The normalized spacial score (nSPS) is 27.1. The highest BCUT2D eigenvalue weighted by molar-refractivity contribution is 6.04. The molecule has 1 fully saturated rings. The van der Waals surface area contributed by atoms with Gasteiger partial charge < -0.3 is 42.6 Å². The summed E-state index contributed by atoms with van der Waals surface area (Å²) in [6.45, 7) is 6.85. The number of hydrogen-bond acceptors (Lipinski definition) is 15. The standard InChI is InChI=1S/C25H34O15/c1-7-32-23(30)25(24(31)33-8-2)11-9-10-18(40-25)39-22-21(37-16(6)29)20(36-15(5)28)19(35-14(4)27)17(38-22)12-34-13(3)26/h9-10,17-22H,7-8,11-12H2,1-6H3/t17?,18-,19?,20?,21?,22?/m1/s1. The molecule has 0 aromatic heterocycles. The Bertz CT molecular complexity index is 971. The van der Waals surface area contributed by atoms with Crippen molar-refractivity contribution < 1.29 is 71.4 Å². The van der Waals surface area contributed by atoms with Crippen LogP contribution in [-0.2, 0) is 71.4 Å². The summed E-state index contributed by atoms with van der Waals surface area (Å²) in [7, 11) is 0. The van der Waals surface area contributed by atoms with Gasteiger partial charge in [-0.25, -0.2) is 9.59 Å². The summed E-state index contributed by atoms with van der Waals surface area (Å²) in [5.74, 6) is -5.20. The molecule has 0 aliphatic carbocycles. The largest absolute Gasteiger partial charge is 0.463 e. The Morgan fingerprint density at radius 1 is 0.750 bits per heavy atom. The summed E-state index contributed by atoms with van der Waals surface area (Å²) in [6.07, 6.45) is -6.26. The number of esters is 6. The summed E-state index contributed by atoms with van der Waals surface area (Å²) in [6, 6.07) is 0. The number of carbonyl (C=O) groups is 6. The summed E-state index contributed by atoms with van der Waals surface area (Å²) in [5.41, 5.74) is -2.22. The molecule has 224 valence electrons. The molecule has 2 rings (SSSR count). The van der Waals surface area contributed by atoms with Crippen LogP contribution in [0.25, 0.3) is 0 Å². The van der Waals surface area contributed by atoms with Crippen LogP contribution >= 0.6 is 0 Å². The molecule has 5 unspecified atom stereocenters. The van der Waals surface area contributed by atoms with Crippen molar-refractivity contribution in [2.75, 3.05) is 19.8 Å². The van der Waals surface area contributed by atoms with Crippen LogP contribution in [0.4, 0.5) is 0 Å². The Hall–Kier alpha value is -3.56. The van der Waals surface area contributed by atoms with Crippen molar-refractivity contribution in [3.05, 3.63) is 12.2 Å². The first-order valence-corrected chi connectivity index (χ1v) is 12.5. The molecule has 0 N–H and O–H groups in total. The van der Waals surface area contributed by atoms with Crippen molar-refractivity contribution in [2.24, 2.45) is 0 Å². The number of ether oxygens (including phenoxy) is 9. The molecule has 0 amide bonds. The van der Waals surface area contributed by atoms with E-state index in [-0.39, 0.29) is 19.6 Å². The summed E-state index contributed by atoms with van der Waals surface area (Å²) in [5, 5.41) is 0.